The third kappa shape index (κ3) is 6.84. The molecule has 0 saturated carbocycles. The molecule has 0 amide bonds. The van der Waals surface area contributed by atoms with E-state index in [1.165, 1.54) is 21.9 Å². The van der Waals surface area contributed by atoms with Gasteiger partial charge < -0.3 is 4.57 Å². The second kappa shape index (κ2) is 15.5. The predicted octanol–water partition coefficient (Wildman–Crippen LogP) is 14.0. The number of rotatable bonds is 8. The van der Waals surface area contributed by atoms with Gasteiger partial charge in [-0.3, -0.25) is 0 Å². The SMILES string of the molecule is c1ccc(-c2ccc3c(c2)c2ccccc2n3-c2ccc(-c3nc(-c4ccccc4)cc(-c4ccccc4)n3)cc2-c2nc(-c3ccccc3)cc(-c3ccccc3)n2)cc1. The fourth-order valence-electron chi connectivity index (χ4n) is 8.26. The minimum absolute atomic E-state index is 0.603. The highest BCUT2D eigenvalue weighted by atomic mass is 15.0. The maximum atomic E-state index is 5.38. The van der Waals surface area contributed by atoms with E-state index in [1.807, 2.05) is 48.5 Å². The van der Waals surface area contributed by atoms with Crippen LogP contribution in [0.3, 0.4) is 0 Å². The molecule has 286 valence electrons. The summed E-state index contributed by atoms with van der Waals surface area (Å²) in [7, 11) is 0. The van der Waals surface area contributed by atoms with Crippen LogP contribution >= 0.6 is 0 Å². The van der Waals surface area contributed by atoms with Crippen LogP contribution in [-0.4, -0.2) is 24.5 Å². The first-order valence-corrected chi connectivity index (χ1v) is 20.5. The normalized spacial score (nSPS) is 11.3. The fourth-order valence-corrected chi connectivity index (χ4v) is 8.26. The van der Waals surface area contributed by atoms with Crippen LogP contribution in [0.2, 0.25) is 0 Å². The van der Waals surface area contributed by atoms with Crippen LogP contribution in [0, 0.1) is 0 Å². The van der Waals surface area contributed by atoms with Gasteiger partial charge in [0.1, 0.15) is 0 Å². The van der Waals surface area contributed by atoms with Crippen molar-refractivity contribution in [1.29, 1.82) is 0 Å². The van der Waals surface area contributed by atoms with Crippen molar-refractivity contribution >= 4 is 21.8 Å². The zero-order chi connectivity index (χ0) is 40.5. The molecule has 61 heavy (non-hydrogen) atoms. The lowest BCUT2D eigenvalue weighted by Gasteiger charge is -2.17. The molecule has 8 aromatic carbocycles. The van der Waals surface area contributed by atoms with Gasteiger partial charge in [0.05, 0.1) is 39.5 Å². The number of hydrogen-bond acceptors (Lipinski definition) is 4. The molecule has 3 aromatic heterocycles. The first-order chi connectivity index (χ1) is 30.2. The third-order valence-electron chi connectivity index (χ3n) is 11.2. The highest BCUT2D eigenvalue weighted by Crippen LogP contribution is 2.40. The summed E-state index contributed by atoms with van der Waals surface area (Å²) in [6, 6.07) is 77.9. The first-order valence-electron chi connectivity index (χ1n) is 20.5. The summed E-state index contributed by atoms with van der Waals surface area (Å²) in [4.78, 5) is 21.2. The van der Waals surface area contributed by atoms with Crippen molar-refractivity contribution in [3.63, 3.8) is 0 Å². The van der Waals surface area contributed by atoms with Crippen LogP contribution in [0.4, 0.5) is 0 Å². The molecule has 0 aliphatic heterocycles. The lowest BCUT2D eigenvalue weighted by molar-refractivity contribution is 1.13. The molecular weight excluding hydrogens is 743 g/mol. The minimum atomic E-state index is 0.603. The van der Waals surface area contributed by atoms with Crippen molar-refractivity contribution in [2.45, 2.75) is 0 Å². The maximum absolute atomic E-state index is 5.38. The van der Waals surface area contributed by atoms with Crippen LogP contribution in [-0.2, 0) is 0 Å². The van der Waals surface area contributed by atoms with E-state index in [9.17, 15) is 0 Å². The monoisotopic (exact) mass is 779 g/mol. The molecule has 3 heterocycles. The van der Waals surface area contributed by atoms with Crippen molar-refractivity contribution in [2.24, 2.45) is 0 Å². The Bertz CT molecular complexity index is 3210. The summed E-state index contributed by atoms with van der Waals surface area (Å²) < 4.78 is 2.36. The lowest BCUT2D eigenvalue weighted by atomic mass is 10.0. The summed E-state index contributed by atoms with van der Waals surface area (Å²) in [6.07, 6.45) is 0. The molecule has 0 saturated heterocycles. The molecular formula is C56H37N5. The Morgan fingerprint density at radius 3 is 1.18 bits per heavy atom. The molecule has 0 spiro atoms. The summed E-state index contributed by atoms with van der Waals surface area (Å²) in [5, 5.41) is 2.34. The van der Waals surface area contributed by atoms with Crippen molar-refractivity contribution in [3.8, 4) is 84.6 Å². The average Bonchev–Trinajstić information content (AvgIpc) is 3.68. The Morgan fingerprint density at radius 1 is 0.262 bits per heavy atom. The summed E-state index contributed by atoms with van der Waals surface area (Å²) in [5.41, 5.74) is 14.6. The third-order valence-corrected chi connectivity index (χ3v) is 11.2. The molecule has 0 radical (unpaired) electrons. The summed E-state index contributed by atoms with van der Waals surface area (Å²) in [6.45, 7) is 0. The molecule has 5 nitrogen and oxygen atoms in total. The van der Waals surface area contributed by atoms with Crippen LogP contribution in [0.25, 0.3) is 106 Å². The van der Waals surface area contributed by atoms with Crippen molar-refractivity contribution < 1.29 is 0 Å². The number of para-hydroxylation sites is 1. The van der Waals surface area contributed by atoms with E-state index in [0.29, 0.717) is 11.6 Å². The van der Waals surface area contributed by atoms with Gasteiger partial charge in [0.15, 0.2) is 11.6 Å². The Morgan fingerprint density at radius 2 is 0.672 bits per heavy atom. The highest BCUT2D eigenvalue weighted by Gasteiger charge is 2.21. The van der Waals surface area contributed by atoms with Gasteiger partial charge in [0.25, 0.3) is 0 Å². The Labute approximate surface area is 354 Å². The van der Waals surface area contributed by atoms with Crippen molar-refractivity contribution in [1.82, 2.24) is 24.5 Å². The highest BCUT2D eigenvalue weighted by molar-refractivity contribution is 6.11. The van der Waals surface area contributed by atoms with Gasteiger partial charge in [-0.1, -0.05) is 176 Å². The molecule has 0 aliphatic carbocycles. The standard InChI is InChI=1S/C56H37N5/c1-6-18-38(19-7-1)43-30-32-53-46(34-43)45-28-16-17-29-52(45)61(53)54-33-31-44(55-57-48(39-20-8-2-9-21-39)36-49(58-55)40-22-10-3-11-23-40)35-47(54)56-59-50(41-24-12-4-13-25-41)37-51(60-56)42-26-14-5-15-27-42/h1-37H. The van der Waals surface area contributed by atoms with Crippen LogP contribution in [0.15, 0.2) is 224 Å². The van der Waals surface area contributed by atoms with E-state index in [2.05, 4.69) is 180 Å². The van der Waals surface area contributed by atoms with Gasteiger partial charge in [0.2, 0.25) is 0 Å². The fraction of sp³-hybridized carbons (Fsp3) is 0. The van der Waals surface area contributed by atoms with Gasteiger partial charge in [-0.25, -0.2) is 19.9 Å². The Kier molecular flexibility index (Phi) is 9.10. The zero-order valence-corrected chi connectivity index (χ0v) is 33.1. The topological polar surface area (TPSA) is 56.5 Å². The minimum Gasteiger partial charge on any atom is -0.309 e. The van der Waals surface area contributed by atoms with Crippen LogP contribution in [0.1, 0.15) is 0 Å². The first kappa shape index (κ1) is 35.8. The van der Waals surface area contributed by atoms with Gasteiger partial charge >= 0.3 is 0 Å². The molecule has 11 rings (SSSR count). The summed E-state index contributed by atoms with van der Waals surface area (Å²) in [5.74, 6) is 1.22. The number of hydrogen-bond donors (Lipinski definition) is 0. The van der Waals surface area contributed by atoms with E-state index in [0.717, 1.165) is 72.9 Å². The number of fused-ring (bicyclic) bond motifs is 3. The summed E-state index contributed by atoms with van der Waals surface area (Å²) >= 11 is 0. The lowest BCUT2D eigenvalue weighted by Crippen LogP contribution is -2.03. The van der Waals surface area contributed by atoms with Crippen molar-refractivity contribution in [2.75, 3.05) is 0 Å². The molecule has 0 N–H and O–H groups in total. The second-order valence-electron chi connectivity index (χ2n) is 15.1. The van der Waals surface area contributed by atoms with E-state index < -0.39 is 0 Å². The second-order valence-corrected chi connectivity index (χ2v) is 15.1. The quantitative estimate of drug-likeness (QED) is 0.154. The molecule has 0 fully saturated rings. The van der Waals surface area contributed by atoms with Gasteiger partial charge in [-0.2, -0.15) is 0 Å². The number of nitrogens with zero attached hydrogens (tertiary/aromatic N) is 5. The van der Waals surface area contributed by atoms with Gasteiger partial charge in [-0.15, -0.1) is 0 Å². The predicted molar refractivity (Wildman–Crippen MR) is 250 cm³/mol. The van der Waals surface area contributed by atoms with Gasteiger partial charge in [0, 0.05) is 44.2 Å². The van der Waals surface area contributed by atoms with Crippen molar-refractivity contribution in [3.05, 3.63) is 224 Å². The number of aromatic nitrogens is 5. The molecule has 5 heteroatoms. The molecule has 0 bridgehead atoms. The largest absolute Gasteiger partial charge is 0.309 e. The average molecular weight is 780 g/mol. The van der Waals surface area contributed by atoms with Crippen LogP contribution in [0.5, 0.6) is 0 Å². The molecule has 11 aromatic rings. The molecule has 0 unspecified atom stereocenters. The van der Waals surface area contributed by atoms with E-state index in [-0.39, 0.29) is 0 Å². The molecule has 0 atom stereocenters. The Hall–Kier alpha value is -8.28. The van der Waals surface area contributed by atoms with E-state index in [4.69, 9.17) is 19.9 Å². The van der Waals surface area contributed by atoms with Gasteiger partial charge in [-0.05, 0) is 59.7 Å². The van der Waals surface area contributed by atoms with E-state index >= 15 is 0 Å². The molecule has 0 aliphatic rings. The zero-order valence-electron chi connectivity index (χ0n) is 33.1. The van der Waals surface area contributed by atoms with Crippen LogP contribution < -0.4 is 0 Å². The smallest absolute Gasteiger partial charge is 0.162 e. The number of benzene rings is 8. The van der Waals surface area contributed by atoms with E-state index in [1.54, 1.807) is 0 Å². The maximum Gasteiger partial charge on any atom is 0.162 e. The Balaban J connectivity index is 1.20.